The molecule has 1 aromatic heterocycles. The summed E-state index contributed by atoms with van der Waals surface area (Å²) in [7, 11) is 0. The van der Waals surface area contributed by atoms with Crippen molar-refractivity contribution in [2.75, 3.05) is 6.54 Å². The van der Waals surface area contributed by atoms with Gasteiger partial charge in [-0.25, -0.2) is 4.98 Å². The Morgan fingerprint density at radius 3 is 2.78 bits per heavy atom. The number of halogens is 1. The first-order chi connectivity index (χ1) is 17.9. The highest BCUT2D eigenvalue weighted by Gasteiger charge is 2.17. The van der Waals surface area contributed by atoms with Gasteiger partial charge in [0.05, 0.1) is 11.6 Å². The SMILES string of the molecule is C=C1CCC(CNC(=O)c2ccc(-c3nc4cc(C#N)cc(C(C)C)c4o3)cc2)CCC/C=C\C=C1Cl. The molecule has 0 aliphatic heterocycles. The van der Waals surface area contributed by atoms with Crippen molar-refractivity contribution in [3.05, 3.63) is 88.5 Å². The van der Waals surface area contributed by atoms with E-state index < -0.39 is 0 Å². The van der Waals surface area contributed by atoms with Gasteiger partial charge in [0.1, 0.15) is 5.52 Å². The lowest BCUT2D eigenvalue weighted by atomic mass is 9.94. The molecule has 1 heterocycles. The van der Waals surface area contributed by atoms with Crippen molar-refractivity contribution < 1.29 is 9.21 Å². The zero-order chi connectivity index (χ0) is 26.4. The molecule has 1 amide bonds. The van der Waals surface area contributed by atoms with Crippen LogP contribution in [0.4, 0.5) is 0 Å². The number of benzene rings is 2. The molecule has 4 rings (SSSR count). The van der Waals surface area contributed by atoms with Gasteiger partial charge >= 0.3 is 0 Å². The number of carbonyl (C=O) groups is 1. The van der Waals surface area contributed by atoms with E-state index >= 15 is 0 Å². The molecule has 0 bridgehead atoms. The topological polar surface area (TPSA) is 78.9 Å². The lowest BCUT2D eigenvalue weighted by molar-refractivity contribution is 0.0945. The Balaban J connectivity index is 1.43. The van der Waals surface area contributed by atoms with E-state index in [1.165, 1.54) is 0 Å². The van der Waals surface area contributed by atoms with Crippen molar-refractivity contribution >= 4 is 28.6 Å². The summed E-state index contributed by atoms with van der Waals surface area (Å²) in [5.74, 6) is 0.931. The normalized spacial score (nSPS) is 17.6. The second-order valence-electron chi connectivity index (χ2n) is 9.87. The Kier molecular flexibility index (Phi) is 8.63. The maximum atomic E-state index is 12.9. The first-order valence-corrected chi connectivity index (χ1v) is 13.2. The number of hydrogen-bond acceptors (Lipinski definition) is 4. The molecule has 1 atom stereocenters. The summed E-state index contributed by atoms with van der Waals surface area (Å²) in [5.41, 5.74) is 5.18. The molecule has 0 fully saturated rings. The van der Waals surface area contributed by atoms with Gasteiger partial charge < -0.3 is 9.73 Å². The number of carbonyl (C=O) groups excluding carboxylic acids is 1. The molecular weight excluding hydrogens is 482 g/mol. The van der Waals surface area contributed by atoms with E-state index in [1.54, 1.807) is 18.2 Å². The van der Waals surface area contributed by atoms with Gasteiger partial charge in [0.25, 0.3) is 5.91 Å². The Hall–Kier alpha value is -3.62. The third-order valence-electron chi connectivity index (χ3n) is 6.77. The smallest absolute Gasteiger partial charge is 0.251 e. The fraction of sp³-hybridized carbons (Fsp3) is 0.323. The Morgan fingerprint density at radius 2 is 2.05 bits per heavy atom. The molecule has 3 aromatic rings. The number of oxazole rings is 1. The van der Waals surface area contributed by atoms with E-state index in [4.69, 9.17) is 16.0 Å². The molecule has 0 spiro atoms. The number of nitriles is 1. The van der Waals surface area contributed by atoms with E-state index in [1.807, 2.05) is 30.4 Å². The van der Waals surface area contributed by atoms with Crippen LogP contribution in [0.25, 0.3) is 22.6 Å². The first-order valence-electron chi connectivity index (χ1n) is 12.8. The summed E-state index contributed by atoms with van der Waals surface area (Å²) in [4.78, 5) is 17.5. The molecular formula is C31H32ClN3O2. The van der Waals surface area contributed by atoms with Crippen molar-refractivity contribution in [2.45, 2.75) is 51.9 Å². The van der Waals surface area contributed by atoms with Gasteiger partial charge in [-0.3, -0.25) is 4.79 Å². The third kappa shape index (κ3) is 6.58. The number of hydrogen-bond donors (Lipinski definition) is 1. The second-order valence-corrected chi connectivity index (χ2v) is 10.3. The van der Waals surface area contributed by atoms with E-state index in [9.17, 15) is 10.1 Å². The summed E-state index contributed by atoms with van der Waals surface area (Å²) in [6, 6.07) is 13.1. The number of nitrogens with one attached hydrogen (secondary N) is 1. The Bertz CT molecular complexity index is 1390. The lowest BCUT2D eigenvalue weighted by Crippen LogP contribution is -2.29. The van der Waals surface area contributed by atoms with Crippen molar-refractivity contribution in [3.63, 3.8) is 0 Å². The predicted octanol–water partition coefficient (Wildman–Crippen LogP) is 8.04. The predicted molar refractivity (Wildman–Crippen MR) is 149 cm³/mol. The summed E-state index contributed by atoms with van der Waals surface area (Å²) >= 11 is 6.31. The summed E-state index contributed by atoms with van der Waals surface area (Å²) in [6.45, 7) is 8.83. The van der Waals surface area contributed by atoms with Crippen LogP contribution in [0.3, 0.4) is 0 Å². The van der Waals surface area contributed by atoms with Gasteiger partial charge in [0, 0.05) is 28.3 Å². The highest BCUT2D eigenvalue weighted by molar-refractivity contribution is 6.32. The van der Waals surface area contributed by atoms with Crippen molar-refractivity contribution in [1.82, 2.24) is 10.3 Å². The largest absolute Gasteiger partial charge is 0.436 e. The van der Waals surface area contributed by atoms with Crippen LogP contribution in [0.2, 0.25) is 0 Å². The maximum absolute atomic E-state index is 12.9. The number of aromatic nitrogens is 1. The van der Waals surface area contributed by atoms with E-state index in [-0.39, 0.29) is 11.8 Å². The number of allylic oxidation sites excluding steroid dienone is 5. The van der Waals surface area contributed by atoms with Crippen LogP contribution in [-0.2, 0) is 0 Å². The van der Waals surface area contributed by atoms with Crippen LogP contribution in [0, 0.1) is 17.2 Å². The van der Waals surface area contributed by atoms with Crippen molar-refractivity contribution in [2.24, 2.45) is 5.92 Å². The summed E-state index contributed by atoms with van der Waals surface area (Å²) in [6.07, 6.45) is 10.9. The second kappa shape index (κ2) is 12.1. The standard InChI is InChI=1S/C31H32ClN3O2/c1-20(2)26-16-23(18-33)17-28-29(26)37-31(35-28)25-14-12-24(13-15-25)30(36)34-19-22-8-6-4-5-7-9-27(32)21(3)10-11-22/h5,7,9,12-17,20,22H,3-4,6,8,10-11,19H2,1-2H3,(H,34,36)/b7-5-,27-9?. The molecule has 37 heavy (non-hydrogen) atoms. The van der Waals surface area contributed by atoms with E-state index in [0.717, 1.165) is 48.8 Å². The molecule has 6 heteroatoms. The minimum atomic E-state index is -0.101. The number of amides is 1. The minimum absolute atomic E-state index is 0.101. The zero-order valence-corrected chi connectivity index (χ0v) is 22.1. The Morgan fingerprint density at radius 1 is 1.27 bits per heavy atom. The van der Waals surface area contributed by atoms with Gasteiger partial charge in [-0.05, 0) is 92.0 Å². The van der Waals surface area contributed by atoms with Crippen LogP contribution >= 0.6 is 11.6 Å². The summed E-state index contributed by atoms with van der Waals surface area (Å²) in [5, 5.41) is 13.2. The fourth-order valence-electron chi connectivity index (χ4n) is 4.52. The Labute approximate surface area is 223 Å². The average molecular weight is 514 g/mol. The molecule has 1 aliphatic carbocycles. The van der Waals surface area contributed by atoms with Gasteiger partial charge in [-0.2, -0.15) is 5.26 Å². The quantitative estimate of drug-likeness (QED) is 0.374. The first kappa shape index (κ1) is 26.4. The maximum Gasteiger partial charge on any atom is 0.251 e. The molecule has 190 valence electrons. The third-order valence-corrected chi connectivity index (χ3v) is 7.16. The van der Waals surface area contributed by atoms with Crippen LogP contribution in [-0.4, -0.2) is 17.4 Å². The lowest BCUT2D eigenvalue weighted by Gasteiger charge is -2.18. The minimum Gasteiger partial charge on any atom is -0.436 e. The van der Waals surface area contributed by atoms with Crippen LogP contribution in [0.1, 0.15) is 73.4 Å². The highest BCUT2D eigenvalue weighted by atomic mass is 35.5. The molecule has 1 N–H and O–H groups in total. The van der Waals surface area contributed by atoms with Gasteiger partial charge in [-0.1, -0.05) is 44.2 Å². The van der Waals surface area contributed by atoms with Crippen molar-refractivity contribution in [1.29, 1.82) is 5.26 Å². The molecule has 1 aliphatic rings. The zero-order valence-electron chi connectivity index (χ0n) is 21.4. The monoisotopic (exact) mass is 513 g/mol. The molecule has 0 saturated carbocycles. The summed E-state index contributed by atoms with van der Waals surface area (Å²) < 4.78 is 6.09. The number of fused-ring (bicyclic) bond motifs is 1. The van der Waals surface area contributed by atoms with Crippen molar-refractivity contribution in [3.8, 4) is 17.5 Å². The average Bonchev–Trinajstić information content (AvgIpc) is 3.33. The molecule has 1 unspecified atom stereocenters. The molecule has 2 aromatic carbocycles. The van der Waals surface area contributed by atoms with E-state index in [0.29, 0.717) is 45.6 Å². The van der Waals surface area contributed by atoms with E-state index in [2.05, 4.69) is 42.9 Å². The van der Waals surface area contributed by atoms with Crippen LogP contribution in [0.15, 0.2) is 76.2 Å². The van der Waals surface area contributed by atoms with Gasteiger partial charge in [0.15, 0.2) is 5.58 Å². The fourth-order valence-corrected chi connectivity index (χ4v) is 4.68. The van der Waals surface area contributed by atoms with Crippen LogP contribution < -0.4 is 5.32 Å². The van der Waals surface area contributed by atoms with Gasteiger partial charge in [0.2, 0.25) is 5.89 Å². The van der Waals surface area contributed by atoms with Gasteiger partial charge in [-0.15, -0.1) is 0 Å². The highest BCUT2D eigenvalue weighted by Crippen LogP contribution is 2.31. The number of rotatable bonds is 5. The van der Waals surface area contributed by atoms with Crippen LogP contribution in [0.5, 0.6) is 0 Å². The number of nitrogens with zero attached hydrogens (tertiary/aromatic N) is 2. The molecule has 0 radical (unpaired) electrons. The molecule has 5 nitrogen and oxygen atoms in total. The molecule has 0 saturated heterocycles.